The van der Waals surface area contributed by atoms with E-state index in [1.54, 1.807) is 41.9 Å². The predicted octanol–water partition coefficient (Wildman–Crippen LogP) is 18.0. The number of piperidine rings is 1. The minimum absolute atomic E-state index is 0.00694. The lowest BCUT2D eigenvalue weighted by Gasteiger charge is -2.29. The van der Waals surface area contributed by atoms with Gasteiger partial charge in [0.1, 0.15) is 11.6 Å². The Hall–Kier alpha value is -4.12. The minimum atomic E-state index is -2.52. The number of Topliss-reactive ketones (excluding diaryl/α,β-unsaturated/α-hetero) is 2. The molecule has 18 heteroatoms. The van der Waals surface area contributed by atoms with E-state index in [-0.39, 0.29) is 97.1 Å². The van der Waals surface area contributed by atoms with Crippen molar-refractivity contribution in [2.75, 3.05) is 61.0 Å². The standard InChI is InChI=1S/C11H21NO.C10H21NO.C8H16O.C7H14F2.C7H15NO.C7H14O.C6H12F2.C6H13NO.C6H12O2.C4H9NO/c1-11(2,3)9-10(13)12-7-5-4-6-8-12;1-6-11(7-2)9(12)8-10(3,4)5;1-6(2)7(9)8(3,4)5;1-6(2,3)5-7(4,8)9;1-5-8-6(9)7(2,3)4;1-5-6(8)7(2,3)4;1-6(2,3)4-5(7)8;1-6(2,3)5(8)7-4;1-6(2,3)5(7)8-4;1-4(6)5(2)3/h4-9H2,1-3H3;6-8H2,1-5H3;6H,1-5H3;5H2,1-4H3;5H2,1-4H3,(H,8,9);5H2,1-4H3;5H,4H2,1-3H3;1-4H3,(H,7,8);1-4H3;1-3H3. The van der Waals surface area contributed by atoms with Crippen molar-refractivity contribution in [2.24, 2.45) is 54.7 Å². The molecule has 1 heterocycles. The molecule has 1 fully saturated rings. The molecule has 0 aromatic carbocycles. The zero-order valence-corrected chi connectivity index (χ0v) is 65.9. The molecule has 90 heavy (non-hydrogen) atoms. The number of rotatable bonds is 9. The topological polar surface area (TPSA) is 180 Å². The summed E-state index contributed by atoms with van der Waals surface area (Å²) in [6, 6.07) is 0. The van der Waals surface area contributed by atoms with Gasteiger partial charge in [-0.3, -0.25) is 38.4 Å². The summed E-state index contributed by atoms with van der Waals surface area (Å²) in [6.45, 7) is 70.5. The third-order valence-corrected chi connectivity index (χ3v) is 11.6. The van der Waals surface area contributed by atoms with E-state index >= 15 is 0 Å². The maximum Gasteiger partial charge on any atom is 0.310 e. The molecule has 542 valence electrons. The summed E-state index contributed by atoms with van der Waals surface area (Å²) in [5, 5.41) is 5.31. The summed E-state index contributed by atoms with van der Waals surface area (Å²) < 4.78 is 52.0. The highest BCUT2D eigenvalue weighted by Gasteiger charge is 2.29. The van der Waals surface area contributed by atoms with E-state index in [9.17, 15) is 55.9 Å². The first-order valence-corrected chi connectivity index (χ1v) is 32.5. The van der Waals surface area contributed by atoms with Gasteiger partial charge in [0.05, 0.1) is 12.5 Å². The molecule has 0 spiro atoms. The van der Waals surface area contributed by atoms with Gasteiger partial charge in [0.25, 0.3) is 0 Å². The van der Waals surface area contributed by atoms with Crippen LogP contribution in [0.5, 0.6) is 0 Å². The van der Waals surface area contributed by atoms with Crippen molar-refractivity contribution in [1.82, 2.24) is 25.3 Å². The molecule has 1 rings (SSSR count). The third-order valence-electron chi connectivity index (χ3n) is 11.6. The van der Waals surface area contributed by atoms with Crippen molar-refractivity contribution in [1.29, 1.82) is 0 Å². The molecule has 0 aliphatic carbocycles. The van der Waals surface area contributed by atoms with Crippen LogP contribution < -0.4 is 10.6 Å². The normalized spacial score (nSPS) is 12.6. The first-order valence-electron chi connectivity index (χ1n) is 32.5. The van der Waals surface area contributed by atoms with Crippen molar-refractivity contribution in [3.63, 3.8) is 0 Å². The zero-order chi connectivity index (χ0) is 74.8. The molecule has 0 radical (unpaired) electrons. The van der Waals surface area contributed by atoms with Gasteiger partial charge in [-0.2, -0.15) is 0 Å². The van der Waals surface area contributed by atoms with E-state index in [0.29, 0.717) is 36.7 Å². The number of alkyl halides is 4. The van der Waals surface area contributed by atoms with Crippen molar-refractivity contribution in [3.8, 4) is 0 Å². The average molecular weight is 1300 g/mol. The zero-order valence-electron chi connectivity index (χ0n) is 65.9. The molecule has 0 saturated carbocycles. The van der Waals surface area contributed by atoms with Crippen LogP contribution >= 0.6 is 0 Å². The summed E-state index contributed by atoms with van der Waals surface area (Å²) >= 11 is 0. The molecule has 0 bridgehead atoms. The number of halogens is 4. The molecule has 1 aliphatic rings. The van der Waals surface area contributed by atoms with E-state index in [4.69, 9.17) is 0 Å². The maximum atomic E-state index is 12.2. The molecule has 1 aliphatic heterocycles. The number of esters is 1. The third kappa shape index (κ3) is 81.9. The second-order valence-electron chi connectivity index (χ2n) is 33.3. The Balaban J connectivity index is -0.000000117. The lowest BCUT2D eigenvalue weighted by molar-refractivity contribution is -0.149. The molecule has 0 atom stereocenters. The van der Waals surface area contributed by atoms with E-state index in [2.05, 4.69) is 56.9 Å². The Morgan fingerprint density at radius 3 is 1.01 bits per heavy atom. The predicted molar refractivity (Wildman–Crippen MR) is 373 cm³/mol. The van der Waals surface area contributed by atoms with Gasteiger partial charge in [0.15, 0.2) is 0 Å². The van der Waals surface area contributed by atoms with Crippen LogP contribution in [-0.2, 0) is 43.1 Å². The van der Waals surface area contributed by atoms with Gasteiger partial charge in [-0.25, -0.2) is 17.6 Å². The molecule has 1 saturated heterocycles. The second-order valence-corrected chi connectivity index (χ2v) is 33.3. The van der Waals surface area contributed by atoms with Crippen molar-refractivity contribution < 1.29 is 60.7 Å². The molecule has 0 aromatic rings. The summed E-state index contributed by atoms with van der Waals surface area (Å²) in [4.78, 5) is 93.1. The highest BCUT2D eigenvalue weighted by Crippen LogP contribution is 2.30. The fraction of sp³-hybridized carbons (Fsp3) is 0.889. The average Bonchev–Trinajstić information content (AvgIpc) is 3.31. The monoisotopic (exact) mass is 1300 g/mol. The Kier molecular flexibility index (Phi) is 56.5. The van der Waals surface area contributed by atoms with E-state index in [1.165, 1.54) is 38.2 Å². The SMILES string of the molecule is CC(=O)N(C)C.CC(C)(C)CC(=O)N1CCCCC1.CC(C)(C)CC(C)(F)F.CC(C)(C)CC(F)F.CC(C)C(=O)C(C)(C)C.CCC(=O)C(C)(C)C.CCN(CC)C(=O)CC(C)(C)C.CCNC(=O)C(C)(C)C.CNC(=O)C(C)(C)C.COC(=O)C(C)(C)C. The summed E-state index contributed by atoms with van der Waals surface area (Å²) in [5.41, 5.74) is -1.37. The van der Waals surface area contributed by atoms with Crippen molar-refractivity contribution in [3.05, 3.63) is 0 Å². The molecule has 0 unspecified atom stereocenters. The van der Waals surface area contributed by atoms with E-state index in [0.717, 1.165) is 39.6 Å². The van der Waals surface area contributed by atoms with Crippen LogP contribution in [0.1, 0.15) is 294 Å². The molecular formula is C72H147F4N5O9. The van der Waals surface area contributed by atoms with Crippen molar-refractivity contribution in [2.45, 2.75) is 306 Å². The first-order chi connectivity index (χ1) is 39.4. The first kappa shape index (κ1) is 105. The number of likely N-dealkylation sites (tertiary alicyclic amines) is 1. The van der Waals surface area contributed by atoms with Crippen LogP contribution in [0.2, 0.25) is 0 Å². The number of hydrogen-bond acceptors (Lipinski definition) is 9. The smallest absolute Gasteiger partial charge is 0.310 e. The quantitative estimate of drug-likeness (QED) is 0.168. The molecule has 5 amide bonds. The van der Waals surface area contributed by atoms with Crippen LogP contribution in [-0.4, -0.2) is 135 Å². The van der Waals surface area contributed by atoms with Gasteiger partial charge in [0, 0.05) is 120 Å². The Morgan fingerprint density at radius 1 is 0.533 bits per heavy atom. The van der Waals surface area contributed by atoms with E-state index < -0.39 is 12.3 Å². The highest BCUT2D eigenvalue weighted by molar-refractivity contribution is 5.85. The fourth-order valence-corrected chi connectivity index (χ4v) is 6.75. The van der Waals surface area contributed by atoms with Crippen LogP contribution in [0.4, 0.5) is 17.6 Å². The number of ketones is 2. The van der Waals surface area contributed by atoms with Crippen LogP contribution in [0.15, 0.2) is 0 Å². The number of hydrogen-bond donors (Lipinski definition) is 2. The lowest BCUT2D eigenvalue weighted by atomic mass is 9.85. The molecule has 0 aromatic heterocycles. The lowest BCUT2D eigenvalue weighted by Crippen LogP contribution is -2.37. The van der Waals surface area contributed by atoms with Gasteiger partial charge >= 0.3 is 5.97 Å². The van der Waals surface area contributed by atoms with Gasteiger partial charge in [0.2, 0.25) is 41.9 Å². The van der Waals surface area contributed by atoms with E-state index in [1.807, 2.05) is 176 Å². The number of nitrogens with zero attached hydrogens (tertiary/aromatic N) is 3. The van der Waals surface area contributed by atoms with Crippen LogP contribution in [0.3, 0.4) is 0 Å². The Morgan fingerprint density at radius 2 is 0.900 bits per heavy atom. The molecular weight excluding hydrogens is 1150 g/mol. The van der Waals surface area contributed by atoms with Crippen molar-refractivity contribution >= 4 is 47.1 Å². The number of methoxy groups -OCH3 is 1. The summed E-state index contributed by atoms with van der Waals surface area (Å²) in [5.74, 6) is -0.946. The number of carbonyl (C=O) groups excluding carboxylic acids is 8. The van der Waals surface area contributed by atoms with Crippen LogP contribution in [0, 0.1) is 54.7 Å². The fourth-order valence-electron chi connectivity index (χ4n) is 6.75. The minimum Gasteiger partial charge on any atom is -0.469 e. The second kappa shape index (κ2) is 48.6. The maximum absolute atomic E-state index is 12.2. The van der Waals surface area contributed by atoms with Gasteiger partial charge < -0.3 is 30.1 Å². The van der Waals surface area contributed by atoms with Gasteiger partial charge in [-0.15, -0.1) is 0 Å². The molecule has 2 N–H and O–H groups in total. The summed E-state index contributed by atoms with van der Waals surface area (Å²) in [7, 11) is 6.49. The van der Waals surface area contributed by atoms with Crippen LogP contribution in [0.25, 0.3) is 0 Å². The largest absolute Gasteiger partial charge is 0.469 e. The van der Waals surface area contributed by atoms with Gasteiger partial charge in [-0.1, -0.05) is 187 Å². The number of carbonyl (C=O) groups is 8. The molecule has 14 nitrogen and oxygen atoms in total. The Labute approximate surface area is 552 Å². The summed E-state index contributed by atoms with van der Waals surface area (Å²) in [6.07, 6.45) is 3.46. The number of nitrogens with one attached hydrogen (secondary N) is 2. The van der Waals surface area contributed by atoms with Gasteiger partial charge in [-0.05, 0) is 89.4 Å². The Bertz CT molecular complexity index is 1850. The highest BCUT2D eigenvalue weighted by atomic mass is 19.3. The number of amides is 5. The number of ether oxygens (including phenoxy) is 1.